The van der Waals surface area contributed by atoms with E-state index in [1.54, 1.807) is 6.92 Å². The molecule has 0 saturated heterocycles. The maximum Gasteiger partial charge on any atom is 0.150 e. The van der Waals surface area contributed by atoms with Gasteiger partial charge in [0.05, 0.1) is 0 Å². The van der Waals surface area contributed by atoms with Gasteiger partial charge in [0.2, 0.25) is 0 Å². The van der Waals surface area contributed by atoms with Gasteiger partial charge in [-0.15, -0.1) is 0 Å². The minimum atomic E-state index is -0.495. The molecule has 16 heavy (non-hydrogen) atoms. The van der Waals surface area contributed by atoms with Gasteiger partial charge in [-0.3, -0.25) is 4.79 Å². The molecule has 0 bridgehead atoms. The van der Waals surface area contributed by atoms with Crippen molar-refractivity contribution >= 4 is 27.3 Å². The van der Waals surface area contributed by atoms with Crippen LogP contribution in [0, 0.1) is 0 Å². The number of halogens is 1. The lowest BCUT2D eigenvalue weighted by Gasteiger charge is -2.22. The van der Waals surface area contributed by atoms with Crippen molar-refractivity contribution in [3.05, 3.63) is 54.1 Å². The fraction of sp³-hybridized carbons (Fsp3) is 0.214. The molecule has 1 nitrogen and oxygen atoms in total. The predicted molar refractivity (Wildman–Crippen MR) is 70.5 cm³/mol. The Morgan fingerprint density at radius 1 is 1.31 bits per heavy atom. The molecule has 0 fully saturated rings. The van der Waals surface area contributed by atoms with E-state index < -0.39 is 4.32 Å². The molecule has 0 saturated carbocycles. The molecule has 0 amide bonds. The summed E-state index contributed by atoms with van der Waals surface area (Å²) < 4.78 is -0.495. The third-order valence-corrected chi connectivity index (χ3v) is 3.98. The van der Waals surface area contributed by atoms with Crippen molar-refractivity contribution in [1.82, 2.24) is 0 Å². The van der Waals surface area contributed by atoms with Gasteiger partial charge in [-0.2, -0.15) is 0 Å². The van der Waals surface area contributed by atoms with Crippen molar-refractivity contribution in [3.63, 3.8) is 0 Å². The van der Waals surface area contributed by atoms with Crippen LogP contribution in [-0.2, 0) is 4.79 Å². The van der Waals surface area contributed by atoms with Gasteiger partial charge in [-0.05, 0) is 24.5 Å². The molecule has 0 aliphatic heterocycles. The van der Waals surface area contributed by atoms with Gasteiger partial charge in [0, 0.05) is 0 Å². The van der Waals surface area contributed by atoms with Gasteiger partial charge in [0.15, 0.2) is 5.78 Å². The molecule has 0 N–H and O–H groups in total. The number of carbonyl (C=O) groups excluding carboxylic acids is 1. The first-order valence-corrected chi connectivity index (χ1v) is 6.06. The quantitative estimate of drug-likeness (QED) is 0.752. The number of alkyl halides is 1. The topological polar surface area (TPSA) is 17.1 Å². The lowest BCUT2D eigenvalue weighted by molar-refractivity contribution is -0.118. The smallest absolute Gasteiger partial charge is 0.150 e. The molecule has 0 radical (unpaired) electrons. The summed E-state index contributed by atoms with van der Waals surface area (Å²) in [5, 5.41) is 0. The van der Waals surface area contributed by atoms with Crippen LogP contribution in [0.15, 0.2) is 48.6 Å². The summed E-state index contributed by atoms with van der Waals surface area (Å²) in [5.41, 5.74) is 2.37. The van der Waals surface area contributed by atoms with Crippen molar-refractivity contribution in [1.29, 1.82) is 0 Å². The van der Waals surface area contributed by atoms with Crippen LogP contribution in [0.4, 0.5) is 0 Å². The summed E-state index contributed by atoms with van der Waals surface area (Å²) in [5.74, 6) is 0.145. The standard InChI is InChI=1S/C14H13BrO/c1-11(16)14(15)9-7-13(8-10-14)12-5-3-2-4-6-12/h2-9H,10H2,1H3. The maximum atomic E-state index is 11.4. The number of carbonyl (C=O) groups is 1. The Morgan fingerprint density at radius 2 is 2.00 bits per heavy atom. The van der Waals surface area contributed by atoms with Crippen molar-refractivity contribution in [2.75, 3.05) is 0 Å². The summed E-state index contributed by atoms with van der Waals surface area (Å²) in [6.45, 7) is 1.61. The first-order chi connectivity index (χ1) is 7.62. The summed E-state index contributed by atoms with van der Waals surface area (Å²) in [7, 11) is 0. The van der Waals surface area contributed by atoms with Crippen molar-refractivity contribution in [2.45, 2.75) is 17.7 Å². The molecular formula is C14H13BrO. The zero-order chi connectivity index (χ0) is 11.6. The van der Waals surface area contributed by atoms with E-state index in [1.807, 2.05) is 30.4 Å². The summed E-state index contributed by atoms with van der Waals surface area (Å²) in [6, 6.07) is 10.2. The van der Waals surface area contributed by atoms with Gasteiger partial charge in [-0.25, -0.2) is 0 Å². The highest BCUT2D eigenvalue weighted by Crippen LogP contribution is 2.33. The van der Waals surface area contributed by atoms with E-state index in [0.29, 0.717) is 6.42 Å². The van der Waals surface area contributed by atoms with E-state index in [-0.39, 0.29) is 5.78 Å². The summed E-state index contributed by atoms with van der Waals surface area (Å²) in [4.78, 5) is 11.4. The van der Waals surface area contributed by atoms with Crippen LogP contribution in [0.5, 0.6) is 0 Å². The van der Waals surface area contributed by atoms with Gasteiger partial charge in [-0.1, -0.05) is 64.5 Å². The highest BCUT2D eigenvalue weighted by atomic mass is 79.9. The number of hydrogen-bond acceptors (Lipinski definition) is 1. The molecule has 0 heterocycles. The lowest BCUT2D eigenvalue weighted by atomic mass is 9.91. The normalized spacial score (nSPS) is 24.0. The monoisotopic (exact) mass is 276 g/mol. The molecule has 1 aliphatic rings. The van der Waals surface area contributed by atoms with Crippen molar-refractivity contribution < 1.29 is 4.79 Å². The lowest BCUT2D eigenvalue weighted by Crippen LogP contribution is -2.27. The number of allylic oxidation sites excluding steroid dienone is 4. The third kappa shape index (κ3) is 2.17. The van der Waals surface area contributed by atoms with E-state index in [0.717, 1.165) is 0 Å². The van der Waals surface area contributed by atoms with Gasteiger partial charge in [0.25, 0.3) is 0 Å². The SMILES string of the molecule is CC(=O)C1(Br)C=CC(c2ccccc2)=CC1. The Balaban J connectivity index is 2.23. The highest BCUT2D eigenvalue weighted by Gasteiger charge is 2.29. The Labute approximate surface area is 104 Å². The second-order valence-electron chi connectivity index (χ2n) is 3.98. The molecule has 0 spiro atoms. The number of benzene rings is 1. The van der Waals surface area contributed by atoms with E-state index in [2.05, 4.69) is 34.1 Å². The van der Waals surface area contributed by atoms with E-state index in [1.165, 1.54) is 11.1 Å². The minimum absolute atomic E-state index is 0.145. The third-order valence-electron chi connectivity index (χ3n) is 2.84. The Hall–Kier alpha value is -1.15. The predicted octanol–water partition coefficient (Wildman–Crippen LogP) is 3.75. The number of Topliss-reactive ketones (excluding diaryl/α,β-unsaturated/α-hetero) is 1. The van der Waals surface area contributed by atoms with Crippen LogP contribution in [0.1, 0.15) is 18.9 Å². The maximum absolute atomic E-state index is 11.4. The van der Waals surface area contributed by atoms with Crippen LogP contribution in [-0.4, -0.2) is 10.1 Å². The van der Waals surface area contributed by atoms with Crippen molar-refractivity contribution in [2.24, 2.45) is 0 Å². The summed E-state index contributed by atoms with van der Waals surface area (Å²) >= 11 is 3.48. The zero-order valence-corrected chi connectivity index (χ0v) is 10.7. The van der Waals surface area contributed by atoms with Crippen molar-refractivity contribution in [3.8, 4) is 0 Å². The molecule has 2 rings (SSSR count). The van der Waals surface area contributed by atoms with Gasteiger partial charge < -0.3 is 0 Å². The molecule has 0 aromatic heterocycles. The van der Waals surface area contributed by atoms with Gasteiger partial charge in [0.1, 0.15) is 4.32 Å². The Morgan fingerprint density at radius 3 is 2.50 bits per heavy atom. The highest BCUT2D eigenvalue weighted by molar-refractivity contribution is 9.10. The minimum Gasteiger partial charge on any atom is -0.298 e. The molecule has 1 atom stereocenters. The molecular weight excluding hydrogens is 264 g/mol. The Kier molecular flexibility index (Phi) is 3.10. The molecule has 82 valence electrons. The first kappa shape index (κ1) is 11.3. The first-order valence-electron chi connectivity index (χ1n) is 5.26. The number of hydrogen-bond donors (Lipinski definition) is 0. The molecule has 1 aromatic carbocycles. The van der Waals surface area contributed by atoms with E-state index in [4.69, 9.17) is 0 Å². The van der Waals surface area contributed by atoms with Crippen LogP contribution < -0.4 is 0 Å². The number of ketones is 1. The second-order valence-corrected chi connectivity index (χ2v) is 5.40. The summed E-state index contributed by atoms with van der Waals surface area (Å²) in [6.07, 6.45) is 6.77. The largest absolute Gasteiger partial charge is 0.298 e. The van der Waals surface area contributed by atoms with Gasteiger partial charge >= 0.3 is 0 Å². The molecule has 2 heteroatoms. The average molecular weight is 277 g/mol. The molecule has 1 aliphatic carbocycles. The fourth-order valence-electron chi connectivity index (χ4n) is 1.72. The van der Waals surface area contributed by atoms with Crippen LogP contribution >= 0.6 is 15.9 Å². The van der Waals surface area contributed by atoms with Crippen LogP contribution in [0.25, 0.3) is 5.57 Å². The molecule has 1 unspecified atom stereocenters. The van der Waals surface area contributed by atoms with E-state index in [9.17, 15) is 4.79 Å². The number of rotatable bonds is 2. The van der Waals surface area contributed by atoms with Crippen LogP contribution in [0.2, 0.25) is 0 Å². The average Bonchev–Trinajstić information content (AvgIpc) is 2.31. The second kappa shape index (κ2) is 4.38. The fourth-order valence-corrected chi connectivity index (χ4v) is 2.02. The molecule has 1 aromatic rings. The van der Waals surface area contributed by atoms with E-state index >= 15 is 0 Å². The zero-order valence-electron chi connectivity index (χ0n) is 9.11. The van der Waals surface area contributed by atoms with Crippen LogP contribution in [0.3, 0.4) is 0 Å². The Bertz CT molecular complexity index is 459.